The molecule has 18 heavy (non-hydrogen) atoms. The number of anilines is 1. The SMILES string of the molecule is Cc1cc(S(=O)(=O)Nc2cc(Br)ccn2)sc1Cl. The van der Waals surface area contributed by atoms with Crippen molar-refractivity contribution in [3.8, 4) is 0 Å². The van der Waals surface area contributed by atoms with Gasteiger partial charge in [0.2, 0.25) is 0 Å². The lowest BCUT2D eigenvalue weighted by Crippen LogP contribution is -2.12. The fourth-order valence-electron chi connectivity index (χ4n) is 1.21. The number of rotatable bonds is 3. The maximum absolute atomic E-state index is 12.1. The number of nitrogens with one attached hydrogen (secondary N) is 1. The summed E-state index contributed by atoms with van der Waals surface area (Å²) in [6, 6.07) is 4.83. The maximum atomic E-state index is 12.1. The number of pyridine rings is 1. The molecule has 0 fully saturated rings. The molecule has 0 saturated heterocycles. The van der Waals surface area contributed by atoms with E-state index in [1.165, 1.54) is 12.3 Å². The smallest absolute Gasteiger partial charge is 0.263 e. The van der Waals surface area contributed by atoms with Crippen molar-refractivity contribution in [3.63, 3.8) is 0 Å². The van der Waals surface area contributed by atoms with Gasteiger partial charge in [-0.3, -0.25) is 4.72 Å². The van der Waals surface area contributed by atoms with Gasteiger partial charge in [-0.2, -0.15) is 0 Å². The summed E-state index contributed by atoms with van der Waals surface area (Å²) >= 11 is 10.1. The van der Waals surface area contributed by atoms with Crippen molar-refractivity contribution in [2.75, 3.05) is 4.72 Å². The molecule has 0 radical (unpaired) electrons. The Morgan fingerprint density at radius 1 is 1.44 bits per heavy atom. The van der Waals surface area contributed by atoms with Gasteiger partial charge >= 0.3 is 0 Å². The monoisotopic (exact) mass is 366 g/mol. The molecule has 0 unspecified atom stereocenters. The predicted molar refractivity (Wildman–Crippen MR) is 76.8 cm³/mol. The molecule has 96 valence electrons. The van der Waals surface area contributed by atoms with Gasteiger partial charge in [0.05, 0.1) is 4.34 Å². The van der Waals surface area contributed by atoms with Crippen LogP contribution in [0.5, 0.6) is 0 Å². The van der Waals surface area contributed by atoms with Crippen molar-refractivity contribution >= 4 is 54.7 Å². The van der Waals surface area contributed by atoms with Gasteiger partial charge in [-0.05, 0) is 30.7 Å². The molecule has 4 nitrogen and oxygen atoms in total. The highest BCUT2D eigenvalue weighted by Gasteiger charge is 2.19. The number of aromatic nitrogens is 1. The van der Waals surface area contributed by atoms with Crippen molar-refractivity contribution in [2.24, 2.45) is 0 Å². The maximum Gasteiger partial charge on any atom is 0.272 e. The Bertz CT molecular complexity index is 665. The van der Waals surface area contributed by atoms with Crippen LogP contribution in [0.1, 0.15) is 5.56 Å². The number of aryl methyl sites for hydroxylation is 1. The van der Waals surface area contributed by atoms with E-state index in [4.69, 9.17) is 11.6 Å². The molecule has 1 N–H and O–H groups in total. The van der Waals surface area contributed by atoms with Gasteiger partial charge < -0.3 is 0 Å². The minimum Gasteiger partial charge on any atom is -0.263 e. The molecule has 0 aliphatic heterocycles. The summed E-state index contributed by atoms with van der Waals surface area (Å²) in [6.07, 6.45) is 1.51. The summed E-state index contributed by atoms with van der Waals surface area (Å²) < 4.78 is 27.9. The zero-order valence-corrected chi connectivity index (χ0v) is 13.1. The van der Waals surface area contributed by atoms with Gasteiger partial charge in [0.25, 0.3) is 10.0 Å². The normalized spacial score (nSPS) is 11.5. The van der Waals surface area contributed by atoms with Crippen LogP contribution in [0.4, 0.5) is 5.82 Å². The topological polar surface area (TPSA) is 59.1 Å². The molecule has 2 aromatic heterocycles. The van der Waals surface area contributed by atoms with E-state index in [1.807, 2.05) is 0 Å². The molecule has 0 spiro atoms. The average molecular weight is 368 g/mol. The van der Waals surface area contributed by atoms with Crippen LogP contribution >= 0.6 is 38.9 Å². The van der Waals surface area contributed by atoms with Crippen molar-refractivity contribution in [3.05, 3.63) is 38.8 Å². The van der Waals surface area contributed by atoms with E-state index in [0.29, 0.717) is 4.34 Å². The standard InChI is InChI=1S/C10H8BrClN2O2S2/c1-6-4-9(17-10(6)12)18(15,16)14-8-5-7(11)2-3-13-8/h2-5H,1H3,(H,13,14). The third-order valence-corrected chi connectivity index (χ3v) is 5.94. The first-order valence-corrected chi connectivity index (χ1v) is 8.26. The van der Waals surface area contributed by atoms with Gasteiger partial charge in [0.15, 0.2) is 0 Å². The fraction of sp³-hybridized carbons (Fsp3) is 0.100. The minimum atomic E-state index is -3.63. The largest absolute Gasteiger partial charge is 0.272 e. The first kappa shape index (κ1) is 13.8. The van der Waals surface area contributed by atoms with Crippen molar-refractivity contribution in [1.82, 2.24) is 4.98 Å². The van der Waals surface area contributed by atoms with Crippen LogP contribution < -0.4 is 4.72 Å². The Labute approximate surface area is 122 Å². The highest BCUT2D eigenvalue weighted by atomic mass is 79.9. The van der Waals surface area contributed by atoms with Crippen LogP contribution in [-0.2, 0) is 10.0 Å². The predicted octanol–water partition coefficient (Wildman–Crippen LogP) is 3.67. The van der Waals surface area contributed by atoms with Gasteiger partial charge in [0.1, 0.15) is 10.0 Å². The summed E-state index contributed by atoms with van der Waals surface area (Å²) in [5, 5.41) is 0. The third kappa shape index (κ3) is 3.03. The number of hydrogen-bond acceptors (Lipinski definition) is 4. The molecule has 0 amide bonds. The summed E-state index contributed by atoms with van der Waals surface area (Å²) in [5.41, 5.74) is 0.740. The summed E-state index contributed by atoms with van der Waals surface area (Å²) in [6.45, 7) is 1.76. The summed E-state index contributed by atoms with van der Waals surface area (Å²) in [4.78, 5) is 3.93. The lowest BCUT2D eigenvalue weighted by molar-refractivity contribution is 0.603. The van der Waals surface area contributed by atoms with Gasteiger partial charge in [-0.25, -0.2) is 13.4 Å². The summed E-state index contributed by atoms with van der Waals surface area (Å²) in [5.74, 6) is 0.256. The fourth-order valence-corrected chi connectivity index (χ4v) is 4.25. The van der Waals surface area contributed by atoms with Crippen molar-refractivity contribution < 1.29 is 8.42 Å². The Morgan fingerprint density at radius 3 is 2.72 bits per heavy atom. The third-order valence-electron chi connectivity index (χ3n) is 2.06. The molecular weight excluding hydrogens is 360 g/mol. The molecule has 0 atom stereocenters. The number of nitrogens with zero attached hydrogens (tertiary/aromatic N) is 1. The molecule has 2 aromatic rings. The van der Waals surface area contributed by atoms with Crippen LogP contribution in [0.15, 0.2) is 33.1 Å². The molecule has 0 saturated carbocycles. The molecule has 0 aliphatic rings. The lowest BCUT2D eigenvalue weighted by Gasteiger charge is -2.04. The second-order valence-corrected chi connectivity index (χ2v) is 7.97. The first-order valence-electron chi connectivity index (χ1n) is 4.79. The Hall–Kier alpha value is -0.630. The highest BCUT2D eigenvalue weighted by Crippen LogP contribution is 2.31. The molecule has 0 aliphatic carbocycles. The Kier molecular flexibility index (Phi) is 3.96. The van der Waals surface area contributed by atoms with Crippen LogP contribution in [0.2, 0.25) is 4.34 Å². The van der Waals surface area contributed by atoms with Gasteiger partial charge in [0, 0.05) is 10.7 Å². The van der Waals surface area contributed by atoms with E-state index < -0.39 is 10.0 Å². The molecule has 8 heteroatoms. The number of thiophene rings is 1. The van der Waals surface area contributed by atoms with Gasteiger partial charge in [-0.1, -0.05) is 27.5 Å². The molecule has 0 aromatic carbocycles. The zero-order chi connectivity index (χ0) is 13.3. The number of sulfonamides is 1. The van der Waals surface area contributed by atoms with E-state index in [1.54, 1.807) is 19.1 Å². The summed E-state index contributed by atoms with van der Waals surface area (Å²) in [7, 11) is -3.63. The van der Waals surface area contributed by atoms with Crippen LogP contribution in [0.3, 0.4) is 0 Å². The molecule has 2 rings (SSSR count). The van der Waals surface area contributed by atoms with Gasteiger partial charge in [-0.15, -0.1) is 11.3 Å². The molecule has 0 bridgehead atoms. The second-order valence-electron chi connectivity index (χ2n) is 3.49. The van der Waals surface area contributed by atoms with E-state index in [0.717, 1.165) is 21.4 Å². The van der Waals surface area contributed by atoms with E-state index in [9.17, 15) is 8.42 Å². The Balaban J connectivity index is 2.33. The second kappa shape index (κ2) is 5.16. The Morgan fingerprint density at radius 2 is 2.17 bits per heavy atom. The number of halogens is 2. The van der Waals surface area contributed by atoms with E-state index in [2.05, 4.69) is 25.6 Å². The first-order chi connectivity index (χ1) is 8.38. The van der Waals surface area contributed by atoms with Crippen LogP contribution in [0.25, 0.3) is 0 Å². The molecule has 2 heterocycles. The average Bonchev–Trinajstić information content (AvgIpc) is 2.59. The van der Waals surface area contributed by atoms with Crippen LogP contribution in [-0.4, -0.2) is 13.4 Å². The quantitative estimate of drug-likeness (QED) is 0.900. The lowest BCUT2D eigenvalue weighted by atomic mass is 10.4. The van der Waals surface area contributed by atoms with E-state index in [-0.39, 0.29) is 10.0 Å². The van der Waals surface area contributed by atoms with Crippen LogP contribution in [0, 0.1) is 6.92 Å². The zero-order valence-electron chi connectivity index (χ0n) is 9.15. The van der Waals surface area contributed by atoms with Crippen molar-refractivity contribution in [2.45, 2.75) is 11.1 Å². The number of hydrogen-bond donors (Lipinski definition) is 1. The highest BCUT2D eigenvalue weighted by molar-refractivity contribution is 9.10. The minimum absolute atomic E-state index is 0.173. The van der Waals surface area contributed by atoms with Crippen molar-refractivity contribution in [1.29, 1.82) is 0 Å². The van der Waals surface area contributed by atoms with E-state index >= 15 is 0 Å². The molecular formula is C10H8BrClN2O2S2.